The van der Waals surface area contributed by atoms with Gasteiger partial charge in [-0.2, -0.15) is 0 Å². The Kier molecular flexibility index (Phi) is 3.57. The minimum atomic E-state index is -3.28. The molecule has 0 fully saturated rings. The van der Waals surface area contributed by atoms with Gasteiger partial charge in [-0.3, -0.25) is 4.72 Å². The molecule has 5 heteroatoms. The summed E-state index contributed by atoms with van der Waals surface area (Å²) < 4.78 is 25.5. The van der Waals surface area contributed by atoms with Gasteiger partial charge in [-0.05, 0) is 30.2 Å². The van der Waals surface area contributed by atoms with E-state index in [9.17, 15) is 8.42 Å². The molecule has 0 amide bonds. The van der Waals surface area contributed by atoms with Crippen molar-refractivity contribution in [3.05, 3.63) is 24.3 Å². The maximum Gasteiger partial charge on any atom is 0.232 e. The lowest BCUT2D eigenvalue weighted by Crippen LogP contribution is -2.19. The van der Waals surface area contributed by atoms with Gasteiger partial charge in [-0.1, -0.05) is 13.8 Å². The van der Waals surface area contributed by atoms with Crippen LogP contribution in [-0.2, 0) is 10.0 Å². The minimum absolute atomic E-state index is 0.0830. The quantitative estimate of drug-likeness (QED) is 0.773. The average Bonchev–Trinajstić information content (AvgIpc) is 2.06. The van der Waals surface area contributed by atoms with Crippen LogP contribution in [0.2, 0.25) is 0 Å². The van der Waals surface area contributed by atoms with Crippen molar-refractivity contribution in [1.29, 1.82) is 0 Å². The van der Waals surface area contributed by atoms with Crippen LogP contribution in [0.4, 0.5) is 5.69 Å². The van der Waals surface area contributed by atoms with Crippen LogP contribution in [0.1, 0.15) is 13.8 Å². The fourth-order valence-corrected chi connectivity index (χ4v) is 2.65. The number of phenols is 1. The Morgan fingerprint density at radius 2 is 1.80 bits per heavy atom. The smallest absolute Gasteiger partial charge is 0.232 e. The molecule has 15 heavy (non-hydrogen) atoms. The first-order chi connectivity index (χ1) is 6.89. The van der Waals surface area contributed by atoms with Gasteiger partial charge in [-0.25, -0.2) is 8.42 Å². The van der Waals surface area contributed by atoms with Crippen molar-refractivity contribution >= 4 is 15.7 Å². The van der Waals surface area contributed by atoms with Crippen molar-refractivity contribution in [1.82, 2.24) is 0 Å². The lowest BCUT2D eigenvalue weighted by molar-refractivity contribution is 0.475. The Bertz CT molecular complexity index is 409. The SMILES string of the molecule is CC(C)CS(=O)(=O)Nc1ccc(O)cc1. The third kappa shape index (κ3) is 4.20. The number of anilines is 1. The van der Waals surface area contributed by atoms with E-state index >= 15 is 0 Å². The Hall–Kier alpha value is -1.23. The van der Waals surface area contributed by atoms with E-state index in [2.05, 4.69) is 4.72 Å². The Morgan fingerprint density at radius 3 is 2.27 bits per heavy atom. The van der Waals surface area contributed by atoms with Gasteiger partial charge in [0.15, 0.2) is 0 Å². The van der Waals surface area contributed by atoms with Gasteiger partial charge >= 0.3 is 0 Å². The topological polar surface area (TPSA) is 66.4 Å². The van der Waals surface area contributed by atoms with E-state index in [0.29, 0.717) is 5.69 Å². The number of sulfonamides is 1. The van der Waals surface area contributed by atoms with Crippen molar-refractivity contribution in [3.8, 4) is 5.75 Å². The summed E-state index contributed by atoms with van der Waals surface area (Å²) in [4.78, 5) is 0. The molecule has 1 rings (SSSR count). The second kappa shape index (κ2) is 4.53. The van der Waals surface area contributed by atoms with E-state index in [-0.39, 0.29) is 17.4 Å². The summed E-state index contributed by atoms with van der Waals surface area (Å²) in [6.07, 6.45) is 0. The number of hydrogen-bond acceptors (Lipinski definition) is 3. The molecule has 0 unspecified atom stereocenters. The van der Waals surface area contributed by atoms with Crippen molar-refractivity contribution in [2.45, 2.75) is 13.8 Å². The molecule has 0 saturated carbocycles. The number of phenolic OH excluding ortho intramolecular Hbond substituents is 1. The first-order valence-electron chi connectivity index (χ1n) is 4.68. The highest BCUT2D eigenvalue weighted by molar-refractivity contribution is 7.92. The molecule has 0 radical (unpaired) electrons. The summed E-state index contributed by atoms with van der Waals surface area (Å²) in [6.45, 7) is 3.69. The van der Waals surface area contributed by atoms with E-state index in [1.807, 2.05) is 13.8 Å². The van der Waals surface area contributed by atoms with E-state index in [1.165, 1.54) is 24.3 Å². The van der Waals surface area contributed by atoms with E-state index in [1.54, 1.807) is 0 Å². The van der Waals surface area contributed by atoms with Crippen LogP contribution >= 0.6 is 0 Å². The minimum Gasteiger partial charge on any atom is -0.508 e. The molecule has 0 aliphatic heterocycles. The van der Waals surface area contributed by atoms with Gasteiger partial charge in [0, 0.05) is 5.69 Å². The normalized spacial score (nSPS) is 11.7. The van der Waals surface area contributed by atoms with Crippen LogP contribution in [0.15, 0.2) is 24.3 Å². The summed E-state index contributed by atoms with van der Waals surface area (Å²) >= 11 is 0. The molecule has 0 aliphatic rings. The lowest BCUT2D eigenvalue weighted by Gasteiger charge is -2.09. The molecule has 1 aromatic carbocycles. The van der Waals surface area contributed by atoms with Crippen LogP contribution in [0.25, 0.3) is 0 Å². The highest BCUT2D eigenvalue weighted by atomic mass is 32.2. The van der Waals surface area contributed by atoms with E-state index in [0.717, 1.165) is 0 Å². The summed E-state index contributed by atoms with van der Waals surface area (Å²) in [5, 5.41) is 9.02. The monoisotopic (exact) mass is 229 g/mol. The highest BCUT2D eigenvalue weighted by Crippen LogP contribution is 2.15. The van der Waals surface area contributed by atoms with Crippen LogP contribution in [-0.4, -0.2) is 19.3 Å². The number of nitrogens with one attached hydrogen (secondary N) is 1. The van der Waals surface area contributed by atoms with Crippen LogP contribution in [0, 0.1) is 5.92 Å². The zero-order chi connectivity index (χ0) is 11.5. The first kappa shape index (κ1) is 11.8. The van der Waals surface area contributed by atoms with Crippen molar-refractivity contribution in [2.24, 2.45) is 5.92 Å². The van der Waals surface area contributed by atoms with Crippen molar-refractivity contribution < 1.29 is 13.5 Å². The van der Waals surface area contributed by atoms with Gasteiger partial charge < -0.3 is 5.11 Å². The van der Waals surface area contributed by atoms with Gasteiger partial charge in [0.2, 0.25) is 10.0 Å². The third-order valence-electron chi connectivity index (χ3n) is 1.69. The summed E-state index contributed by atoms with van der Waals surface area (Å²) in [7, 11) is -3.28. The molecule has 4 nitrogen and oxygen atoms in total. The molecule has 2 N–H and O–H groups in total. The zero-order valence-electron chi connectivity index (χ0n) is 8.77. The average molecular weight is 229 g/mol. The molecule has 0 heterocycles. The molecule has 84 valence electrons. The predicted octanol–water partition coefficient (Wildman–Crippen LogP) is 1.79. The van der Waals surface area contributed by atoms with Crippen molar-refractivity contribution in [3.63, 3.8) is 0 Å². The maximum atomic E-state index is 11.5. The highest BCUT2D eigenvalue weighted by Gasteiger charge is 2.12. The summed E-state index contributed by atoms with van der Waals surface area (Å²) in [5.74, 6) is 0.287. The number of hydrogen-bond donors (Lipinski definition) is 2. The Morgan fingerprint density at radius 1 is 1.27 bits per heavy atom. The molecule has 1 aromatic rings. The van der Waals surface area contributed by atoms with Crippen LogP contribution in [0.3, 0.4) is 0 Å². The number of benzene rings is 1. The molecular weight excluding hydrogens is 214 g/mol. The maximum absolute atomic E-state index is 11.5. The summed E-state index contributed by atoms with van der Waals surface area (Å²) in [5.41, 5.74) is 0.466. The Labute approximate surface area is 90.0 Å². The third-order valence-corrected chi connectivity index (χ3v) is 3.35. The fourth-order valence-electron chi connectivity index (χ4n) is 1.19. The molecule has 0 saturated heterocycles. The zero-order valence-corrected chi connectivity index (χ0v) is 9.58. The second-order valence-electron chi connectivity index (χ2n) is 3.82. The standard InChI is InChI=1S/C10H15NO3S/c1-8(2)7-15(13,14)11-9-3-5-10(12)6-4-9/h3-6,8,11-12H,7H2,1-2H3. The predicted molar refractivity (Wildman–Crippen MR) is 60.4 cm³/mol. The lowest BCUT2D eigenvalue weighted by atomic mass is 10.3. The van der Waals surface area contributed by atoms with Gasteiger partial charge in [0.1, 0.15) is 5.75 Å². The van der Waals surface area contributed by atoms with Gasteiger partial charge in [0.25, 0.3) is 0 Å². The molecule has 0 spiro atoms. The van der Waals surface area contributed by atoms with E-state index < -0.39 is 10.0 Å². The molecule has 0 atom stereocenters. The fraction of sp³-hybridized carbons (Fsp3) is 0.400. The Balaban J connectivity index is 2.73. The number of aromatic hydroxyl groups is 1. The summed E-state index contributed by atoms with van der Waals surface area (Å²) in [6, 6.07) is 5.92. The molecular formula is C10H15NO3S. The largest absolute Gasteiger partial charge is 0.508 e. The van der Waals surface area contributed by atoms with E-state index in [4.69, 9.17) is 5.11 Å². The van der Waals surface area contributed by atoms with Gasteiger partial charge in [-0.15, -0.1) is 0 Å². The second-order valence-corrected chi connectivity index (χ2v) is 5.59. The van der Waals surface area contributed by atoms with Crippen LogP contribution < -0.4 is 4.72 Å². The molecule has 0 aliphatic carbocycles. The van der Waals surface area contributed by atoms with Gasteiger partial charge in [0.05, 0.1) is 5.75 Å². The molecule has 0 bridgehead atoms. The van der Waals surface area contributed by atoms with Crippen molar-refractivity contribution in [2.75, 3.05) is 10.5 Å². The molecule has 0 aromatic heterocycles. The van der Waals surface area contributed by atoms with Crippen LogP contribution in [0.5, 0.6) is 5.75 Å². The first-order valence-corrected chi connectivity index (χ1v) is 6.34. The number of rotatable bonds is 4.